The summed E-state index contributed by atoms with van der Waals surface area (Å²) in [5.41, 5.74) is 6.67. The van der Waals surface area contributed by atoms with Crippen LogP contribution < -0.4 is 10.5 Å². The minimum atomic E-state index is -0.295. The normalized spacial score (nSPS) is 13.4. The van der Waals surface area contributed by atoms with Gasteiger partial charge in [0.1, 0.15) is 0 Å². The van der Waals surface area contributed by atoms with Crippen LogP contribution in [0.5, 0.6) is 5.75 Å². The summed E-state index contributed by atoms with van der Waals surface area (Å²) < 4.78 is 19.1. The van der Waals surface area contributed by atoms with E-state index in [1.807, 2.05) is 0 Å². The molecule has 0 bridgehead atoms. The Hall–Kier alpha value is -0.740. The Bertz CT molecular complexity index is 390. The van der Waals surface area contributed by atoms with E-state index in [0.29, 0.717) is 12.0 Å². The fourth-order valence-electron chi connectivity index (χ4n) is 1.57. The maximum Gasteiger partial charge on any atom is 0.168 e. The van der Waals surface area contributed by atoms with E-state index in [9.17, 15) is 4.39 Å². The molecule has 0 saturated heterocycles. The van der Waals surface area contributed by atoms with Gasteiger partial charge >= 0.3 is 0 Å². The van der Waals surface area contributed by atoms with Gasteiger partial charge in [-0.05, 0) is 18.1 Å². The number of benzene rings is 1. The van der Waals surface area contributed by atoms with Gasteiger partial charge in [-0.25, -0.2) is 4.39 Å². The fraction of sp³-hybridized carbons (Fsp3) is 0.571. The van der Waals surface area contributed by atoms with Crippen LogP contribution in [0.3, 0.4) is 0 Å². The molecule has 0 aliphatic heterocycles. The van der Waals surface area contributed by atoms with Crippen LogP contribution in [0.15, 0.2) is 18.2 Å². The summed E-state index contributed by atoms with van der Waals surface area (Å²) in [5, 5.41) is 0. The van der Waals surface area contributed by atoms with Crippen LogP contribution in [-0.2, 0) is 6.42 Å². The molecule has 0 saturated carbocycles. The van der Waals surface area contributed by atoms with Gasteiger partial charge in [0.05, 0.1) is 7.11 Å². The standard InChI is InChI=1S/C14H22FNOS/c1-14(2,3)18-9-11(16)8-10-6-5-7-12(17-4)13(10)15/h5-7,11H,8-9,16H2,1-4H3. The monoisotopic (exact) mass is 271 g/mol. The molecule has 0 fully saturated rings. The van der Waals surface area contributed by atoms with Gasteiger partial charge in [-0.3, -0.25) is 0 Å². The summed E-state index contributed by atoms with van der Waals surface area (Å²) >= 11 is 1.80. The van der Waals surface area contributed by atoms with E-state index in [1.54, 1.807) is 30.0 Å². The predicted octanol–water partition coefficient (Wildman–Crippen LogP) is 3.24. The number of thioether (sulfide) groups is 1. The lowest BCUT2D eigenvalue weighted by molar-refractivity contribution is 0.383. The summed E-state index contributed by atoms with van der Waals surface area (Å²) in [4.78, 5) is 0. The van der Waals surface area contributed by atoms with Gasteiger partial charge in [0.25, 0.3) is 0 Å². The maximum absolute atomic E-state index is 13.9. The van der Waals surface area contributed by atoms with Crippen molar-refractivity contribution in [3.8, 4) is 5.75 Å². The summed E-state index contributed by atoms with van der Waals surface area (Å²) in [7, 11) is 1.47. The van der Waals surface area contributed by atoms with Gasteiger partial charge in [0.15, 0.2) is 11.6 Å². The highest BCUT2D eigenvalue weighted by molar-refractivity contribution is 8.00. The Kier molecular flexibility index (Phi) is 5.47. The number of hydrogen-bond donors (Lipinski definition) is 1. The van der Waals surface area contributed by atoms with Gasteiger partial charge in [-0.2, -0.15) is 11.8 Å². The van der Waals surface area contributed by atoms with E-state index >= 15 is 0 Å². The minimum Gasteiger partial charge on any atom is -0.494 e. The van der Waals surface area contributed by atoms with Crippen LogP contribution in [0.2, 0.25) is 0 Å². The Morgan fingerprint density at radius 2 is 2.06 bits per heavy atom. The number of methoxy groups -OCH3 is 1. The molecule has 2 nitrogen and oxygen atoms in total. The van der Waals surface area contributed by atoms with Crippen molar-refractivity contribution >= 4 is 11.8 Å². The number of nitrogens with two attached hydrogens (primary N) is 1. The van der Waals surface area contributed by atoms with Gasteiger partial charge in [0, 0.05) is 16.5 Å². The maximum atomic E-state index is 13.9. The molecule has 0 radical (unpaired) electrons. The highest BCUT2D eigenvalue weighted by Gasteiger charge is 2.16. The Balaban J connectivity index is 2.62. The average molecular weight is 271 g/mol. The van der Waals surface area contributed by atoms with Crippen molar-refractivity contribution in [3.63, 3.8) is 0 Å². The van der Waals surface area contributed by atoms with E-state index < -0.39 is 0 Å². The molecule has 1 aromatic carbocycles. The lowest BCUT2D eigenvalue weighted by Crippen LogP contribution is -2.28. The van der Waals surface area contributed by atoms with E-state index in [0.717, 1.165) is 5.75 Å². The first-order valence-electron chi connectivity index (χ1n) is 6.04. The quantitative estimate of drug-likeness (QED) is 0.893. The molecule has 4 heteroatoms. The zero-order valence-electron chi connectivity index (χ0n) is 11.5. The first-order valence-corrected chi connectivity index (χ1v) is 7.03. The highest BCUT2D eigenvalue weighted by Crippen LogP contribution is 2.25. The smallest absolute Gasteiger partial charge is 0.168 e. The average Bonchev–Trinajstić information content (AvgIpc) is 2.28. The van der Waals surface area contributed by atoms with Gasteiger partial charge in [-0.15, -0.1) is 0 Å². The van der Waals surface area contributed by atoms with Gasteiger partial charge < -0.3 is 10.5 Å². The number of hydrogen-bond acceptors (Lipinski definition) is 3. The molecule has 0 amide bonds. The SMILES string of the molecule is COc1cccc(CC(N)CSC(C)(C)C)c1F. The third-order valence-corrected chi connectivity index (χ3v) is 3.94. The molecule has 1 aromatic rings. The van der Waals surface area contributed by atoms with E-state index in [4.69, 9.17) is 10.5 Å². The molecule has 0 heterocycles. The lowest BCUT2D eigenvalue weighted by atomic mass is 10.1. The molecule has 1 unspecified atom stereocenters. The molecule has 18 heavy (non-hydrogen) atoms. The zero-order chi connectivity index (χ0) is 13.8. The highest BCUT2D eigenvalue weighted by atomic mass is 32.2. The summed E-state index contributed by atoms with van der Waals surface area (Å²) in [6, 6.07) is 5.13. The van der Waals surface area contributed by atoms with Crippen molar-refractivity contribution in [2.24, 2.45) is 5.73 Å². The Morgan fingerprint density at radius 3 is 2.61 bits per heavy atom. The molecule has 0 spiro atoms. The van der Waals surface area contributed by atoms with Crippen LogP contribution in [-0.4, -0.2) is 23.7 Å². The number of halogens is 1. The van der Waals surface area contributed by atoms with Crippen molar-refractivity contribution < 1.29 is 9.13 Å². The minimum absolute atomic E-state index is 0.0455. The second-order valence-corrected chi connectivity index (χ2v) is 7.17. The second kappa shape index (κ2) is 6.43. The van der Waals surface area contributed by atoms with Crippen molar-refractivity contribution in [1.29, 1.82) is 0 Å². The summed E-state index contributed by atoms with van der Waals surface area (Å²) in [6.45, 7) is 6.45. The molecule has 0 aliphatic rings. The second-order valence-electron chi connectivity index (χ2n) is 5.32. The summed E-state index contributed by atoms with van der Waals surface area (Å²) in [5.74, 6) is 0.805. The fourth-order valence-corrected chi connectivity index (χ4v) is 2.40. The third kappa shape index (κ3) is 4.86. The first-order chi connectivity index (χ1) is 8.33. The van der Waals surface area contributed by atoms with Crippen molar-refractivity contribution in [2.45, 2.75) is 38.0 Å². The van der Waals surface area contributed by atoms with E-state index in [1.165, 1.54) is 7.11 Å². The van der Waals surface area contributed by atoms with Crippen LogP contribution in [0.25, 0.3) is 0 Å². The van der Waals surface area contributed by atoms with Crippen LogP contribution >= 0.6 is 11.8 Å². The lowest BCUT2D eigenvalue weighted by Gasteiger charge is -2.21. The van der Waals surface area contributed by atoms with Gasteiger partial charge in [-0.1, -0.05) is 32.9 Å². The van der Waals surface area contributed by atoms with Crippen molar-refractivity contribution in [3.05, 3.63) is 29.6 Å². The zero-order valence-corrected chi connectivity index (χ0v) is 12.3. The predicted molar refractivity (Wildman–Crippen MR) is 76.8 cm³/mol. The van der Waals surface area contributed by atoms with Gasteiger partial charge in [0.2, 0.25) is 0 Å². The van der Waals surface area contributed by atoms with Crippen molar-refractivity contribution in [1.82, 2.24) is 0 Å². The topological polar surface area (TPSA) is 35.2 Å². The van der Waals surface area contributed by atoms with E-state index in [2.05, 4.69) is 20.8 Å². The number of ether oxygens (including phenoxy) is 1. The molecule has 102 valence electrons. The molecule has 1 atom stereocenters. The molecule has 2 N–H and O–H groups in total. The van der Waals surface area contributed by atoms with Crippen molar-refractivity contribution in [2.75, 3.05) is 12.9 Å². The molecule has 1 rings (SSSR count). The van der Waals surface area contributed by atoms with Crippen LogP contribution in [0.1, 0.15) is 26.3 Å². The molecular weight excluding hydrogens is 249 g/mol. The van der Waals surface area contributed by atoms with E-state index in [-0.39, 0.29) is 22.4 Å². The molecular formula is C14H22FNOS. The molecule has 0 aromatic heterocycles. The summed E-state index contributed by atoms with van der Waals surface area (Å²) in [6.07, 6.45) is 0.534. The number of rotatable bonds is 5. The Morgan fingerprint density at radius 1 is 1.39 bits per heavy atom. The Labute approximate surface area is 113 Å². The third-order valence-electron chi connectivity index (χ3n) is 2.48. The van der Waals surface area contributed by atoms with Crippen LogP contribution in [0, 0.1) is 5.82 Å². The first kappa shape index (κ1) is 15.3. The molecule has 0 aliphatic carbocycles. The van der Waals surface area contributed by atoms with Crippen LogP contribution in [0.4, 0.5) is 4.39 Å². The largest absolute Gasteiger partial charge is 0.494 e.